The molecule has 1 unspecified atom stereocenters. The van der Waals surface area contributed by atoms with Gasteiger partial charge in [-0.15, -0.1) is 0 Å². The Labute approximate surface area is 109 Å². The van der Waals surface area contributed by atoms with Gasteiger partial charge in [0.25, 0.3) is 0 Å². The molecule has 0 saturated heterocycles. The predicted molar refractivity (Wildman–Crippen MR) is 76.8 cm³/mol. The molecule has 0 bridgehead atoms. The third kappa shape index (κ3) is 4.24. The minimum Gasteiger partial charge on any atom is -0.348 e. The molecule has 1 aromatic heterocycles. The first-order chi connectivity index (χ1) is 8.06. The Bertz CT molecular complexity index is 335. The van der Waals surface area contributed by atoms with Crippen LogP contribution in [0, 0.1) is 5.92 Å². The molecule has 0 aliphatic carbocycles. The molecule has 1 rings (SSSR count). The SMILES string of the molecule is CSCC(C)CNCc1cnc(N(C)C)n1C. The van der Waals surface area contributed by atoms with Crippen molar-refractivity contribution in [1.82, 2.24) is 14.9 Å². The number of hydrogen-bond acceptors (Lipinski definition) is 4. The summed E-state index contributed by atoms with van der Waals surface area (Å²) in [5.74, 6) is 2.92. The van der Waals surface area contributed by atoms with Crippen LogP contribution in [0.4, 0.5) is 5.95 Å². The number of thioether (sulfide) groups is 1. The van der Waals surface area contributed by atoms with Crippen molar-refractivity contribution in [3.05, 3.63) is 11.9 Å². The summed E-state index contributed by atoms with van der Waals surface area (Å²) in [6, 6.07) is 0. The summed E-state index contributed by atoms with van der Waals surface area (Å²) >= 11 is 1.90. The van der Waals surface area contributed by atoms with Crippen LogP contribution in [0.15, 0.2) is 6.20 Å². The van der Waals surface area contributed by atoms with Crippen LogP contribution < -0.4 is 10.2 Å². The molecule has 1 aromatic rings. The van der Waals surface area contributed by atoms with Crippen molar-refractivity contribution < 1.29 is 0 Å². The fourth-order valence-corrected chi connectivity index (χ4v) is 2.49. The first kappa shape index (κ1) is 14.4. The van der Waals surface area contributed by atoms with Gasteiger partial charge in [-0.2, -0.15) is 11.8 Å². The quantitative estimate of drug-likeness (QED) is 0.803. The van der Waals surface area contributed by atoms with E-state index in [1.807, 2.05) is 37.0 Å². The molecule has 1 N–H and O–H groups in total. The summed E-state index contributed by atoms with van der Waals surface area (Å²) in [7, 11) is 6.09. The van der Waals surface area contributed by atoms with E-state index in [0.717, 1.165) is 19.0 Å². The Morgan fingerprint density at radius 1 is 1.53 bits per heavy atom. The van der Waals surface area contributed by atoms with E-state index in [0.29, 0.717) is 5.92 Å². The Hall–Kier alpha value is -0.680. The zero-order chi connectivity index (χ0) is 12.8. The van der Waals surface area contributed by atoms with E-state index in [-0.39, 0.29) is 0 Å². The number of nitrogens with one attached hydrogen (secondary N) is 1. The maximum atomic E-state index is 4.39. The number of imidazole rings is 1. The second-order valence-corrected chi connectivity index (χ2v) is 5.61. The van der Waals surface area contributed by atoms with Crippen LogP contribution in [-0.4, -0.2) is 42.2 Å². The van der Waals surface area contributed by atoms with Gasteiger partial charge in [0.05, 0.1) is 11.9 Å². The van der Waals surface area contributed by atoms with Crippen LogP contribution in [0.1, 0.15) is 12.6 Å². The molecular formula is C12H24N4S. The summed E-state index contributed by atoms with van der Waals surface area (Å²) < 4.78 is 2.13. The lowest BCUT2D eigenvalue weighted by atomic mass is 10.2. The molecule has 0 aromatic carbocycles. The minimum atomic E-state index is 0.714. The van der Waals surface area contributed by atoms with E-state index in [4.69, 9.17) is 0 Å². The van der Waals surface area contributed by atoms with Gasteiger partial charge in [-0.1, -0.05) is 6.92 Å². The molecule has 5 heteroatoms. The molecule has 0 spiro atoms. The lowest BCUT2D eigenvalue weighted by Gasteiger charge is -2.14. The lowest BCUT2D eigenvalue weighted by molar-refractivity contribution is 0.548. The van der Waals surface area contributed by atoms with Crippen LogP contribution in [0.3, 0.4) is 0 Å². The Morgan fingerprint density at radius 2 is 2.24 bits per heavy atom. The van der Waals surface area contributed by atoms with Crippen molar-refractivity contribution in [2.24, 2.45) is 13.0 Å². The van der Waals surface area contributed by atoms with Gasteiger partial charge in [0.1, 0.15) is 0 Å². The number of aromatic nitrogens is 2. The molecule has 0 fully saturated rings. The highest BCUT2D eigenvalue weighted by atomic mass is 32.2. The molecular weight excluding hydrogens is 232 g/mol. The monoisotopic (exact) mass is 256 g/mol. The van der Waals surface area contributed by atoms with E-state index in [1.54, 1.807) is 0 Å². The standard InChI is InChI=1S/C12H24N4S/c1-10(9-17-5)6-13-7-11-8-14-12(15(2)3)16(11)4/h8,10,13H,6-7,9H2,1-5H3. The van der Waals surface area contributed by atoms with Crippen molar-refractivity contribution in [2.45, 2.75) is 13.5 Å². The maximum absolute atomic E-state index is 4.39. The first-order valence-electron chi connectivity index (χ1n) is 5.93. The second kappa shape index (κ2) is 6.91. The van der Waals surface area contributed by atoms with Gasteiger partial charge < -0.3 is 14.8 Å². The zero-order valence-electron chi connectivity index (χ0n) is 11.5. The fourth-order valence-electron chi connectivity index (χ4n) is 1.80. The number of rotatable bonds is 7. The van der Waals surface area contributed by atoms with Crippen LogP contribution in [0.5, 0.6) is 0 Å². The molecule has 17 heavy (non-hydrogen) atoms. The van der Waals surface area contributed by atoms with Crippen LogP contribution in [0.2, 0.25) is 0 Å². The van der Waals surface area contributed by atoms with Crippen molar-refractivity contribution in [3.63, 3.8) is 0 Å². The number of hydrogen-bond donors (Lipinski definition) is 1. The highest BCUT2D eigenvalue weighted by Crippen LogP contribution is 2.10. The Balaban J connectivity index is 2.42. The maximum Gasteiger partial charge on any atom is 0.204 e. The number of nitrogens with zero attached hydrogens (tertiary/aromatic N) is 3. The van der Waals surface area contributed by atoms with Gasteiger partial charge in [0.15, 0.2) is 0 Å². The average molecular weight is 256 g/mol. The minimum absolute atomic E-state index is 0.714. The van der Waals surface area contributed by atoms with E-state index in [1.165, 1.54) is 11.4 Å². The highest BCUT2D eigenvalue weighted by Gasteiger charge is 2.08. The molecule has 0 saturated carbocycles. The third-order valence-corrected chi connectivity index (χ3v) is 3.61. The summed E-state index contributed by atoms with van der Waals surface area (Å²) in [5, 5.41) is 3.49. The van der Waals surface area contributed by atoms with Gasteiger partial charge >= 0.3 is 0 Å². The van der Waals surface area contributed by atoms with E-state index in [9.17, 15) is 0 Å². The first-order valence-corrected chi connectivity index (χ1v) is 7.33. The topological polar surface area (TPSA) is 33.1 Å². The Kier molecular flexibility index (Phi) is 5.85. The van der Waals surface area contributed by atoms with E-state index >= 15 is 0 Å². The van der Waals surface area contributed by atoms with Crippen LogP contribution in [-0.2, 0) is 13.6 Å². The average Bonchev–Trinajstić information content (AvgIpc) is 2.61. The number of anilines is 1. The summed E-state index contributed by atoms with van der Waals surface area (Å²) in [4.78, 5) is 6.42. The smallest absolute Gasteiger partial charge is 0.204 e. The summed E-state index contributed by atoms with van der Waals surface area (Å²) in [5.41, 5.74) is 1.23. The van der Waals surface area contributed by atoms with Gasteiger partial charge in [0, 0.05) is 27.7 Å². The normalized spacial score (nSPS) is 12.8. The predicted octanol–water partition coefficient (Wildman–Crippen LogP) is 1.57. The van der Waals surface area contributed by atoms with Gasteiger partial charge in [-0.25, -0.2) is 4.98 Å². The van der Waals surface area contributed by atoms with Crippen molar-refractivity contribution in [3.8, 4) is 0 Å². The fraction of sp³-hybridized carbons (Fsp3) is 0.750. The largest absolute Gasteiger partial charge is 0.348 e. The van der Waals surface area contributed by atoms with Crippen LogP contribution >= 0.6 is 11.8 Å². The van der Waals surface area contributed by atoms with Crippen LogP contribution in [0.25, 0.3) is 0 Å². The van der Waals surface area contributed by atoms with Gasteiger partial charge in [-0.3, -0.25) is 0 Å². The van der Waals surface area contributed by atoms with E-state index < -0.39 is 0 Å². The van der Waals surface area contributed by atoms with Crippen molar-refractivity contribution in [2.75, 3.05) is 37.5 Å². The lowest BCUT2D eigenvalue weighted by Crippen LogP contribution is -2.23. The van der Waals surface area contributed by atoms with E-state index in [2.05, 4.69) is 35.1 Å². The van der Waals surface area contributed by atoms with Gasteiger partial charge in [0.2, 0.25) is 5.95 Å². The molecule has 1 atom stereocenters. The molecule has 0 amide bonds. The Morgan fingerprint density at radius 3 is 2.76 bits per heavy atom. The summed E-state index contributed by atoms with van der Waals surface area (Å²) in [6.45, 7) is 4.22. The third-order valence-electron chi connectivity index (χ3n) is 2.71. The molecule has 0 radical (unpaired) electrons. The molecule has 98 valence electrons. The second-order valence-electron chi connectivity index (χ2n) is 4.69. The molecule has 0 aliphatic rings. The molecule has 4 nitrogen and oxygen atoms in total. The molecule has 0 aliphatic heterocycles. The van der Waals surface area contributed by atoms with Gasteiger partial charge in [-0.05, 0) is 24.5 Å². The summed E-state index contributed by atoms with van der Waals surface area (Å²) in [6.07, 6.45) is 4.10. The van der Waals surface area contributed by atoms with Crippen molar-refractivity contribution >= 4 is 17.7 Å². The highest BCUT2D eigenvalue weighted by molar-refractivity contribution is 7.98. The van der Waals surface area contributed by atoms with Crippen molar-refractivity contribution in [1.29, 1.82) is 0 Å². The zero-order valence-corrected chi connectivity index (χ0v) is 12.3. The molecule has 1 heterocycles.